The van der Waals surface area contributed by atoms with E-state index in [4.69, 9.17) is 32.7 Å². The Morgan fingerprint density at radius 1 is 1.03 bits per heavy atom. The van der Waals surface area contributed by atoms with Crippen LogP contribution in [0.5, 0.6) is 11.5 Å². The van der Waals surface area contributed by atoms with Crippen molar-refractivity contribution >= 4 is 46.4 Å². The second kappa shape index (κ2) is 10.7. The van der Waals surface area contributed by atoms with Crippen LogP contribution in [0.15, 0.2) is 66.7 Å². The maximum Gasteiger partial charge on any atom is 0.243 e. The van der Waals surface area contributed by atoms with E-state index in [2.05, 4.69) is 10.9 Å². The molecule has 2 amide bonds. The fourth-order valence-corrected chi connectivity index (χ4v) is 4.13. The number of ether oxygens (including phenoxy) is 2. The molecule has 1 atom stereocenters. The number of nitrogens with zero attached hydrogens (tertiary/aromatic N) is 1. The lowest BCUT2D eigenvalue weighted by Gasteiger charge is -2.17. The Bertz CT molecular complexity index is 1170. The minimum Gasteiger partial charge on any atom is -0.497 e. The number of hydrogen-bond donors (Lipinski definition) is 2. The van der Waals surface area contributed by atoms with E-state index in [1.807, 2.05) is 0 Å². The number of hydrogen-bond acceptors (Lipinski definition) is 5. The molecule has 2 N–H and O–H groups in total. The molecule has 176 valence electrons. The summed E-state index contributed by atoms with van der Waals surface area (Å²) in [5.41, 5.74) is 7.64. The van der Waals surface area contributed by atoms with Crippen LogP contribution in [0.3, 0.4) is 0 Å². The van der Waals surface area contributed by atoms with E-state index in [1.165, 1.54) is 0 Å². The fourth-order valence-electron chi connectivity index (χ4n) is 3.62. The Balaban J connectivity index is 1.32. The van der Waals surface area contributed by atoms with Gasteiger partial charge in [0.1, 0.15) is 18.1 Å². The van der Waals surface area contributed by atoms with E-state index < -0.39 is 5.92 Å². The molecule has 0 aliphatic carbocycles. The summed E-state index contributed by atoms with van der Waals surface area (Å²) < 4.78 is 11.0. The van der Waals surface area contributed by atoms with Crippen molar-refractivity contribution in [1.82, 2.24) is 5.43 Å². The Morgan fingerprint density at radius 3 is 2.44 bits per heavy atom. The maximum absolute atomic E-state index is 12.7. The van der Waals surface area contributed by atoms with Gasteiger partial charge in [-0.1, -0.05) is 35.3 Å². The molecule has 7 nitrogen and oxygen atoms in total. The number of nitrogens with one attached hydrogen (secondary N) is 2. The van der Waals surface area contributed by atoms with E-state index in [1.54, 1.807) is 78.7 Å². The van der Waals surface area contributed by atoms with Crippen molar-refractivity contribution in [3.05, 3.63) is 82.3 Å². The first-order valence-corrected chi connectivity index (χ1v) is 11.4. The van der Waals surface area contributed by atoms with Gasteiger partial charge in [0.05, 0.1) is 18.7 Å². The van der Waals surface area contributed by atoms with E-state index in [0.717, 1.165) is 5.69 Å². The van der Waals surface area contributed by atoms with Gasteiger partial charge in [0.15, 0.2) is 0 Å². The van der Waals surface area contributed by atoms with Crippen LogP contribution < -0.4 is 25.2 Å². The topological polar surface area (TPSA) is 79.9 Å². The third-order valence-corrected chi connectivity index (χ3v) is 6.20. The second-order valence-corrected chi connectivity index (χ2v) is 8.55. The average Bonchev–Trinajstić information content (AvgIpc) is 3.24. The molecule has 0 spiro atoms. The molecule has 1 heterocycles. The lowest BCUT2D eigenvalue weighted by Crippen LogP contribution is -2.36. The molecule has 1 aliphatic heterocycles. The van der Waals surface area contributed by atoms with Crippen molar-refractivity contribution in [2.45, 2.75) is 13.0 Å². The Hall–Kier alpha value is -3.42. The van der Waals surface area contributed by atoms with Gasteiger partial charge < -0.3 is 14.4 Å². The first-order chi connectivity index (χ1) is 16.4. The zero-order valence-corrected chi connectivity index (χ0v) is 19.9. The predicted octanol–water partition coefficient (Wildman–Crippen LogP) is 5.08. The maximum atomic E-state index is 12.7. The minimum atomic E-state index is -0.469. The summed E-state index contributed by atoms with van der Waals surface area (Å²) >= 11 is 12.4. The number of anilines is 2. The second-order valence-electron chi connectivity index (χ2n) is 7.73. The van der Waals surface area contributed by atoms with Crippen LogP contribution in [-0.4, -0.2) is 25.5 Å². The highest BCUT2D eigenvalue weighted by Gasteiger charge is 2.35. The zero-order chi connectivity index (χ0) is 24.1. The van der Waals surface area contributed by atoms with Crippen molar-refractivity contribution in [1.29, 1.82) is 0 Å². The molecule has 1 fully saturated rings. The lowest BCUT2D eigenvalue weighted by atomic mass is 10.1. The number of carbonyl (C=O) groups is 2. The van der Waals surface area contributed by atoms with Gasteiger partial charge in [0, 0.05) is 40.3 Å². The normalized spacial score (nSPS) is 15.2. The summed E-state index contributed by atoms with van der Waals surface area (Å²) in [7, 11) is 1.58. The summed E-state index contributed by atoms with van der Waals surface area (Å²) in [6.45, 7) is 0.514. The molecule has 3 aromatic rings. The molecule has 3 aromatic carbocycles. The molecular formula is C25H23Cl2N3O4. The third-order valence-electron chi connectivity index (χ3n) is 5.49. The smallest absolute Gasteiger partial charge is 0.243 e. The van der Waals surface area contributed by atoms with Crippen LogP contribution in [0.2, 0.25) is 10.0 Å². The van der Waals surface area contributed by atoms with Crippen LogP contribution in [0.4, 0.5) is 11.4 Å². The Kier molecular flexibility index (Phi) is 7.45. The Morgan fingerprint density at radius 2 is 1.74 bits per heavy atom. The van der Waals surface area contributed by atoms with Crippen LogP contribution >= 0.6 is 23.2 Å². The summed E-state index contributed by atoms with van der Waals surface area (Å²) in [6.07, 6.45) is 0.140. The summed E-state index contributed by atoms with van der Waals surface area (Å²) in [5, 5.41) is 1.06. The highest BCUT2D eigenvalue weighted by molar-refractivity contribution is 6.35. The minimum absolute atomic E-state index is 0.0982. The molecule has 1 aliphatic rings. The van der Waals surface area contributed by atoms with E-state index >= 15 is 0 Å². The largest absolute Gasteiger partial charge is 0.497 e. The van der Waals surface area contributed by atoms with Crippen LogP contribution in [0, 0.1) is 5.92 Å². The first-order valence-electron chi connectivity index (χ1n) is 10.6. The van der Waals surface area contributed by atoms with E-state index in [0.29, 0.717) is 39.3 Å². The first kappa shape index (κ1) is 23.7. The number of methoxy groups -OCH3 is 1. The molecule has 0 bridgehead atoms. The molecule has 34 heavy (non-hydrogen) atoms. The summed E-state index contributed by atoms with van der Waals surface area (Å²) in [5.74, 6) is 0.452. The van der Waals surface area contributed by atoms with Crippen molar-refractivity contribution < 1.29 is 19.1 Å². The van der Waals surface area contributed by atoms with Crippen LogP contribution in [0.25, 0.3) is 0 Å². The SMILES string of the molecule is COc1ccc(N2C[C@H](C(=O)NNc3cccc(OCc4c(Cl)cccc4Cl)c3)CC2=O)cc1. The van der Waals surface area contributed by atoms with Crippen molar-refractivity contribution in [2.24, 2.45) is 5.92 Å². The quantitative estimate of drug-likeness (QED) is 0.422. The lowest BCUT2D eigenvalue weighted by molar-refractivity contribution is -0.125. The van der Waals surface area contributed by atoms with Gasteiger partial charge in [-0.15, -0.1) is 0 Å². The molecule has 0 unspecified atom stereocenters. The molecular weight excluding hydrogens is 477 g/mol. The van der Waals surface area contributed by atoms with Gasteiger partial charge in [-0.3, -0.25) is 20.4 Å². The van der Waals surface area contributed by atoms with Crippen molar-refractivity contribution in [2.75, 3.05) is 24.0 Å². The van der Waals surface area contributed by atoms with Gasteiger partial charge >= 0.3 is 0 Å². The zero-order valence-electron chi connectivity index (χ0n) is 18.4. The highest BCUT2D eigenvalue weighted by Crippen LogP contribution is 2.28. The molecule has 1 saturated heterocycles. The third kappa shape index (κ3) is 5.55. The van der Waals surface area contributed by atoms with Gasteiger partial charge in [-0.25, -0.2) is 0 Å². The molecule has 0 aromatic heterocycles. The number of benzene rings is 3. The van der Waals surface area contributed by atoms with Gasteiger partial charge in [-0.05, 0) is 48.5 Å². The van der Waals surface area contributed by atoms with E-state index in [-0.39, 0.29) is 24.8 Å². The number of amides is 2. The highest BCUT2D eigenvalue weighted by atomic mass is 35.5. The number of hydrazine groups is 1. The van der Waals surface area contributed by atoms with Gasteiger partial charge in [0.25, 0.3) is 0 Å². The summed E-state index contributed by atoms with van der Waals surface area (Å²) in [4.78, 5) is 26.7. The van der Waals surface area contributed by atoms with Crippen LogP contribution in [0.1, 0.15) is 12.0 Å². The van der Waals surface area contributed by atoms with Crippen LogP contribution in [-0.2, 0) is 16.2 Å². The fraction of sp³-hybridized carbons (Fsp3) is 0.200. The molecule has 9 heteroatoms. The standard InChI is InChI=1S/C25H23Cl2N3O4/c1-33-19-10-8-18(9-11-19)30-14-16(12-24(30)31)25(32)29-28-17-4-2-5-20(13-17)34-15-21-22(26)6-3-7-23(21)27/h2-11,13,16,28H,12,14-15H2,1H3,(H,29,32)/t16-/m1/s1. The molecule has 0 radical (unpaired) electrons. The number of carbonyl (C=O) groups excluding carboxylic acids is 2. The average molecular weight is 500 g/mol. The monoisotopic (exact) mass is 499 g/mol. The predicted molar refractivity (Wildman–Crippen MR) is 132 cm³/mol. The number of halogens is 2. The molecule has 4 rings (SSSR count). The van der Waals surface area contributed by atoms with Crippen molar-refractivity contribution in [3.63, 3.8) is 0 Å². The van der Waals surface area contributed by atoms with Crippen molar-refractivity contribution in [3.8, 4) is 11.5 Å². The Labute approximate surface area is 207 Å². The van der Waals surface area contributed by atoms with Gasteiger partial charge in [0.2, 0.25) is 11.8 Å². The summed E-state index contributed by atoms with van der Waals surface area (Å²) in [6, 6.07) is 19.6. The number of rotatable bonds is 8. The molecule has 0 saturated carbocycles. The van der Waals surface area contributed by atoms with E-state index in [9.17, 15) is 9.59 Å². The van der Waals surface area contributed by atoms with Gasteiger partial charge in [-0.2, -0.15) is 0 Å².